The number of hydrogen-bond donors (Lipinski definition) is 0. The van der Waals surface area contributed by atoms with Gasteiger partial charge in [-0.3, -0.25) is 0 Å². The number of benzene rings is 2. The van der Waals surface area contributed by atoms with Gasteiger partial charge in [0, 0.05) is 4.47 Å². The molecule has 0 saturated heterocycles. The summed E-state index contributed by atoms with van der Waals surface area (Å²) in [5.74, 6) is 0.854. The van der Waals surface area contributed by atoms with Gasteiger partial charge in [-0.25, -0.2) is 0 Å². The van der Waals surface area contributed by atoms with Crippen molar-refractivity contribution in [2.45, 2.75) is 26.1 Å². The Balaban J connectivity index is 2.32. The predicted octanol–water partition coefficient (Wildman–Crippen LogP) is 5.79. The largest absolute Gasteiger partial charge is 0.494 e. The zero-order valence-corrected chi connectivity index (χ0v) is 14.3. The Hall–Kier alpha value is -0.990. The van der Waals surface area contributed by atoms with Gasteiger partial charge >= 0.3 is 0 Å². The minimum Gasteiger partial charge on any atom is -0.494 e. The number of hydrogen-bond acceptors (Lipinski definition) is 1. The van der Waals surface area contributed by atoms with E-state index in [1.54, 1.807) is 0 Å². The molecule has 2 aromatic rings. The van der Waals surface area contributed by atoms with Gasteiger partial charge in [0.2, 0.25) is 0 Å². The van der Waals surface area contributed by atoms with Crippen LogP contribution in [0.1, 0.15) is 34.6 Å². The zero-order valence-electron chi connectivity index (χ0n) is 11.9. The molecule has 0 heterocycles. The quantitative estimate of drug-likeness (QED) is 0.632. The van der Waals surface area contributed by atoms with E-state index in [4.69, 9.17) is 16.3 Å². The van der Waals surface area contributed by atoms with Gasteiger partial charge in [0.05, 0.1) is 12.0 Å². The predicted molar refractivity (Wildman–Crippen MR) is 88.9 cm³/mol. The Morgan fingerprint density at radius 3 is 2.45 bits per heavy atom. The van der Waals surface area contributed by atoms with Crippen molar-refractivity contribution in [3.63, 3.8) is 0 Å². The normalized spacial score (nSPS) is 12.2. The SMILES string of the molecule is CCOc1ccc(C(Cl)c2ccc(C)c(C)c2)c(Br)c1. The molecule has 0 aliphatic rings. The van der Waals surface area contributed by atoms with E-state index >= 15 is 0 Å². The van der Waals surface area contributed by atoms with Crippen LogP contribution in [0.5, 0.6) is 5.75 Å². The first-order valence-corrected chi connectivity index (χ1v) is 7.89. The van der Waals surface area contributed by atoms with Crippen LogP contribution in [0.2, 0.25) is 0 Å². The van der Waals surface area contributed by atoms with Gasteiger partial charge in [-0.15, -0.1) is 11.6 Å². The molecule has 1 nitrogen and oxygen atoms in total. The van der Waals surface area contributed by atoms with E-state index in [2.05, 4.69) is 48.0 Å². The van der Waals surface area contributed by atoms with Gasteiger partial charge in [0.25, 0.3) is 0 Å². The molecule has 0 aliphatic carbocycles. The molecule has 0 saturated carbocycles. The molecule has 0 bridgehead atoms. The third kappa shape index (κ3) is 3.36. The summed E-state index contributed by atoms with van der Waals surface area (Å²) in [6.07, 6.45) is 0. The third-order valence-corrected chi connectivity index (χ3v) is 4.55. The average Bonchev–Trinajstić information content (AvgIpc) is 2.42. The molecular formula is C17H18BrClO. The standard InChI is InChI=1S/C17H18BrClO/c1-4-20-14-7-8-15(16(18)10-14)17(19)13-6-5-11(2)12(3)9-13/h5-10,17H,4H2,1-3H3. The van der Waals surface area contributed by atoms with E-state index < -0.39 is 0 Å². The Labute approximate surface area is 134 Å². The van der Waals surface area contributed by atoms with Gasteiger partial charge in [-0.05, 0) is 55.2 Å². The molecule has 3 heteroatoms. The molecular weight excluding hydrogens is 336 g/mol. The molecule has 0 fully saturated rings. The molecule has 0 N–H and O–H groups in total. The van der Waals surface area contributed by atoms with Crippen molar-refractivity contribution < 1.29 is 4.74 Å². The molecule has 2 rings (SSSR count). The monoisotopic (exact) mass is 352 g/mol. The highest BCUT2D eigenvalue weighted by Crippen LogP contribution is 2.36. The summed E-state index contributed by atoms with van der Waals surface area (Å²) in [5.41, 5.74) is 4.71. The van der Waals surface area contributed by atoms with Gasteiger partial charge < -0.3 is 4.74 Å². The van der Waals surface area contributed by atoms with Crippen molar-refractivity contribution >= 4 is 27.5 Å². The summed E-state index contributed by atoms with van der Waals surface area (Å²) in [7, 11) is 0. The fourth-order valence-electron chi connectivity index (χ4n) is 2.07. The minimum absolute atomic E-state index is 0.167. The molecule has 0 spiro atoms. The fourth-order valence-corrected chi connectivity index (χ4v) is 3.12. The maximum Gasteiger partial charge on any atom is 0.120 e. The number of alkyl halides is 1. The first-order chi connectivity index (χ1) is 9.52. The van der Waals surface area contributed by atoms with Crippen molar-refractivity contribution in [3.05, 3.63) is 63.1 Å². The van der Waals surface area contributed by atoms with E-state index in [-0.39, 0.29) is 5.38 Å². The van der Waals surface area contributed by atoms with E-state index in [1.807, 2.05) is 25.1 Å². The summed E-state index contributed by atoms with van der Waals surface area (Å²) in [5, 5.41) is -0.167. The van der Waals surface area contributed by atoms with Gasteiger partial charge in [-0.1, -0.05) is 40.2 Å². The second kappa shape index (κ2) is 6.64. The molecule has 1 unspecified atom stereocenters. The lowest BCUT2D eigenvalue weighted by Crippen LogP contribution is -1.98. The molecule has 0 aliphatic heterocycles. The molecule has 0 amide bonds. The molecule has 1 atom stereocenters. The third-order valence-electron chi connectivity index (χ3n) is 3.38. The topological polar surface area (TPSA) is 9.23 Å². The lowest BCUT2D eigenvalue weighted by molar-refractivity contribution is 0.340. The lowest BCUT2D eigenvalue weighted by Gasteiger charge is -2.15. The summed E-state index contributed by atoms with van der Waals surface area (Å²) < 4.78 is 6.46. The van der Waals surface area contributed by atoms with Gasteiger partial charge in [-0.2, -0.15) is 0 Å². The maximum atomic E-state index is 6.62. The van der Waals surface area contributed by atoms with Crippen LogP contribution in [-0.2, 0) is 0 Å². The molecule has 0 aromatic heterocycles. The summed E-state index contributed by atoms with van der Waals surface area (Å²) in [6, 6.07) is 12.3. The number of aryl methyl sites for hydroxylation is 2. The van der Waals surface area contributed by atoms with E-state index in [0.717, 1.165) is 21.3 Å². The number of ether oxygens (including phenoxy) is 1. The highest BCUT2D eigenvalue weighted by Gasteiger charge is 2.15. The van der Waals surface area contributed by atoms with E-state index in [1.165, 1.54) is 11.1 Å². The molecule has 106 valence electrons. The lowest BCUT2D eigenvalue weighted by atomic mass is 10.00. The Morgan fingerprint density at radius 1 is 1.10 bits per heavy atom. The second-order valence-electron chi connectivity index (χ2n) is 4.82. The van der Waals surface area contributed by atoms with Crippen LogP contribution < -0.4 is 4.74 Å². The number of rotatable bonds is 4. The van der Waals surface area contributed by atoms with Crippen molar-refractivity contribution in [3.8, 4) is 5.75 Å². The highest BCUT2D eigenvalue weighted by molar-refractivity contribution is 9.10. The highest BCUT2D eigenvalue weighted by atomic mass is 79.9. The van der Waals surface area contributed by atoms with E-state index in [0.29, 0.717) is 6.61 Å². The van der Waals surface area contributed by atoms with Crippen LogP contribution in [0.4, 0.5) is 0 Å². The van der Waals surface area contributed by atoms with Crippen LogP contribution in [-0.4, -0.2) is 6.61 Å². The van der Waals surface area contributed by atoms with Crippen LogP contribution in [0.3, 0.4) is 0 Å². The zero-order chi connectivity index (χ0) is 14.7. The summed E-state index contributed by atoms with van der Waals surface area (Å²) in [4.78, 5) is 0. The van der Waals surface area contributed by atoms with Crippen molar-refractivity contribution in [1.82, 2.24) is 0 Å². The molecule has 2 aromatic carbocycles. The smallest absolute Gasteiger partial charge is 0.120 e. The summed E-state index contributed by atoms with van der Waals surface area (Å²) >= 11 is 10.2. The van der Waals surface area contributed by atoms with Crippen molar-refractivity contribution in [1.29, 1.82) is 0 Å². The van der Waals surface area contributed by atoms with Gasteiger partial charge in [0.1, 0.15) is 5.75 Å². The van der Waals surface area contributed by atoms with Crippen LogP contribution >= 0.6 is 27.5 Å². The number of halogens is 2. The Morgan fingerprint density at radius 2 is 1.85 bits per heavy atom. The average molecular weight is 354 g/mol. The van der Waals surface area contributed by atoms with Crippen molar-refractivity contribution in [2.24, 2.45) is 0 Å². The summed E-state index contributed by atoms with van der Waals surface area (Å²) in [6.45, 7) is 6.85. The van der Waals surface area contributed by atoms with Crippen LogP contribution in [0.15, 0.2) is 40.9 Å². The molecule has 20 heavy (non-hydrogen) atoms. The Bertz CT molecular complexity index is 610. The van der Waals surface area contributed by atoms with Crippen LogP contribution in [0, 0.1) is 13.8 Å². The second-order valence-corrected chi connectivity index (χ2v) is 6.11. The van der Waals surface area contributed by atoms with E-state index in [9.17, 15) is 0 Å². The Kier molecular flexibility index (Phi) is 5.11. The molecule has 0 radical (unpaired) electrons. The minimum atomic E-state index is -0.167. The first-order valence-electron chi connectivity index (χ1n) is 6.66. The van der Waals surface area contributed by atoms with Crippen LogP contribution in [0.25, 0.3) is 0 Å². The maximum absolute atomic E-state index is 6.62. The van der Waals surface area contributed by atoms with Crippen molar-refractivity contribution in [2.75, 3.05) is 6.61 Å². The first kappa shape index (κ1) is 15.4. The van der Waals surface area contributed by atoms with Gasteiger partial charge in [0.15, 0.2) is 0 Å². The fraction of sp³-hybridized carbons (Fsp3) is 0.294.